The first-order chi connectivity index (χ1) is 14.3. The molecule has 3 aliphatic rings. The van der Waals surface area contributed by atoms with Crippen molar-refractivity contribution in [2.24, 2.45) is 5.92 Å². The topological polar surface area (TPSA) is 37.4 Å². The van der Waals surface area contributed by atoms with Crippen LogP contribution in [0.4, 0.5) is 11.4 Å². The van der Waals surface area contributed by atoms with Crippen LogP contribution in [0.1, 0.15) is 49.7 Å². The van der Waals surface area contributed by atoms with E-state index in [1.165, 1.54) is 57.2 Å². The van der Waals surface area contributed by atoms with E-state index < -0.39 is 0 Å². The van der Waals surface area contributed by atoms with Gasteiger partial charge >= 0.3 is 0 Å². The van der Waals surface area contributed by atoms with Crippen molar-refractivity contribution >= 4 is 11.4 Å². The first kappa shape index (κ1) is 19.1. The van der Waals surface area contributed by atoms with Crippen molar-refractivity contribution in [1.29, 1.82) is 0 Å². The minimum atomic E-state index is 0.369. The highest BCUT2D eigenvalue weighted by Gasteiger charge is 2.51. The zero-order chi connectivity index (χ0) is 19.7. The average Bonchev–Trinajstić information content (AvgIpc) is 2.88. The van der Waals surface area contributed by atoms with Crippen LogP contribution in [0, 0.1) is 5.92 Å². The number of hydrogen-bond donors (Lipinski definition) is 1. The number of fused-ring (bicyclic) bond motifs is 1. The number of aromatic nitrogens is 1. The van der Waals surface area contributed by atoms with E-state index >= 15 is 0 Å². The zero-order valence-electron chi connectivity index (χ0n) is 17.6. The fourth-order valence-electron chi connectivity index (χ4n) is 6.50. The van der Waals surface area contributed by atoms with Crippen LogP contribution in [0.25, 0.3) is 0 Å². The van der Waals surface area contributed by atoms with Crippen LogP contribution in [0.15, 0.2) is 42.7 Å². The number of likely N-dealkylation sites (tertiary alicyclic amines) is 1. The SMILES string of the molecule is COCCN1CCC[C@]23CCCC[C@H]2[C@H]1Cc1ccc(Nc2ccncc2)cc13. The number of nitrogens with one attached hydrogen (secondary N) is 1. The molecule has 2 heterocycles. The summed E-state index contributed by atoms with van der Waals surface area (Å²) < 4.78 is 5.44. The molecule has 2 aromatic rings. The monoisotopic (exact) mass is 391 g/mol. The average molecular weight is 392 g/mol. The Labute approximate surface area is 174 Å². The number of anilines is 2. The van der Waals surface area contributed by atoms with Gasteiger partial charge in [-0.15, -0.1) is 0 Å². The van der Waals surface area contributed by atoms with E-state index in [1.807, 2.05) is 31.6 Å². The third kappa shape index (κ3) is 3.47. The maximum atomic E-state index is 5.44. The van der Waals surface area contributed by atoms with Gasteiger partial charge in [0.05, 0.1) is 6.61 Å². The second kappa shape index (κ2) is 8.08. The van der Waals surface area contributed by atoms with Crippen LogP contribution in [-0.2, 0) is 16.6 Å². The first-order valence-electron chi connectivity index (χ1n) is 11.3. The van der Waals surface area contributed by atoms with E-state index in [-0.39, 0.29) is 0 Å². The van der Waals surface area contributed by atoms with E-state index in [0.29, 0.717) is 11.5 Å². The van der Waals surface area contributed by atoms with Gasteiger partial charge in [-0.2, -0.15) is 0 Å². The van der Waals surface area contributed by atoms with E-state index in [4.69, 9.17) is 4.74 Å². The fraction of sp³-hybridized carbons (Fsp3) is 0.560. The van der Waals surface area contributed by atoms with E-state index in [2.05, 4.69) is 33.4 Å². The molecule has 1 saturated heterocycles. The molecule has 29 heavy (non-hydrogen) atoms. The van der Waals surface area contributed by atoms with Crippen molar-refractivity contribution in [3.05, 3.63) is 53.9 Å². The Balaban J connectivity index is 1.52. The summed E-state index contributed by atoms with van der Waals surface area (Å²) in [5, 5.41) is 3.61. The van der Waals surface area contributed by atoms with Crippen LogP contribution in [0.5, 0.6) is 0 Å². The summed E-state index contributed by atoms with van der Waals surface area (Å²) in [5.74, 6) is 0.791. The van der Waals surface area contributed by atoms with Gasteiger partial charge in [0.2, 0.25) is 0 Å². The largest absolute Gasteiger partial charge is 0.383 e. The molecule has 0 radical (unpaired) electrons. The van der Waals surface area contributed by atoms with Gasteiger partial charge in [-0.25, -0.2) is 0 Å². The summed E-state index contributed by atoms with van der Waals surface area (Å²) in [6, 6.07) is 11.9. The normalized spacial score (nSPS) is 28.9. The molecule has 0 unspecified atom stereocenters. The molecule has 1 saturated carbocycles. The van der Waals surface area contributed by atoms with Crippen LogP contribution < -0.4 is 5.32 Å². The molecule has 1 aromatic heterocycles. The fourth-order valence-corrected chi connectivity index (χ4v) is 6.50. The van der Waals surface area contributed by atoms with Gasteiger partial charge in [0.15, 0.2) is 0 Å². The van der Waals surface area contributed by atoms with Crippen molar-refractivity contribution in [1.82, 2.24) is 9.88 Å². The van der Waals surface area contributed by atoms with Crippen molar-refractivity contribution in [3.8, 4) is 0 Å². The second-order valence-electron chi connectivity index (χ2n) is 9.15. The van der Waals surface area contributed by atoms with Crippen LogP contribution >= 0.6 is 0 Å². The lowest BCUT2D eigenvalue weighted by Gasteiger charge is -2.53. The minimum Gasteiger partial charge on any atom is -0.383 e. The summed E-state index contributed by atoms with van der Waals surface area (Å²) in [6.07, 6.45) is 13.0. The Morgan fingerprint density at radius 1 is 1.10 bits per heavy atom. The maximum absolute atomic E-state index is 5.44. The third-order valence-corrected chi connectivity index (χ3v) is 7.73. The van der Waals surface area contributed by atoms with Gasteiger partial charge in [0.25, 0.3) is 0 Å². The highest BCUT2D eigenvalue weighted by molar-refractivity contribution is 5.62. The number of nitrogens with zero attached hydrogens (tertiary/aromatic N) is 2. The van der Waals surface area contributed by atoms with E-state index in [9.17, 15) is 0 Å². The Bertz CT molecular complexity index is 839. The number of methoxy groups -OCH3 is 1. The van der Waals surface area contributed by atoms with Gasteiger partial charge in [-0.3, -0.25) is 9.88 Å². The van der Waals surface area contributed by atoms with Crippen molar-refractivity contribution in [2.75, 3.05) is 32.1 Å². The molecule has 4 heteroatoms. The number of pyridine rings is 1. The van der Waals surface area contributed by atoms with Crippen molar-refractivity contribution in [3.63, 3.8) is 0 Å². The Morgan fingerprint density at radius 2 is 1.97 bits per heavy atom. The highest BCUT2D eigenvalue weighted by atomic mass is 16.5. The molecule has 2 bridgehead atoms. The Kier molecular flexibility index (Phi) is 5.31. The smallest absolute Gasteiger partial charge is 0.0589 e. The van der Waals surface area contributed by atoms with Gasteiger partial charge in [0.1, 0.15) is 0 Å². The molecule has 2 aliphatic carbocycles. The van der Waals surface area contributed by atoms with Gasteiger partial charge in [-0.1, -0.05) is 18.9 Å². The summed E-state index contributed by atoms with van der Waals surface area (Å²) >= 11 is 0. The number of ether oxygens (including phenoxy) is 1. The molecule has 0 spiro atoms. The lowest BCUT2D eigenvalue weighted by Crippen LogP contribution is -2.53. The predicted octanol–water partition coefficient (Wildman–Crippen LogP) is 4.92. The number of benzene rings is 1. The molecule has 4 nitrogen and oxygen atoms in total. The Hall–Kier alpha value is -1.91. The van der Waals surface area contributed by atoms with Crippen LogP contribution in [0.3, 0.4) is 0 Å². The second-order valence-corrected chi connectivity index (χ2v) is 9.15. The van der Waals surface area contributed by atoms with E-state index in [1.54, 1.807) is 11.1 Å². The summed E-state index contributed by atoms with van der Waals surface area (Å²) in [4.78, 5) is 6.89. The zero-order valence-corrected chi connectivity index (χ0v) is 17.6. The summed E-state index contributed by atoms with van der Waals surface area (Å²) in [6.45, 7) is 3.14. The highest BCUT2D eigenvalue weighted by Crippen LogP contribution is 2.55. The molecule has 5 rings (SSSR count). The molecule has 2 fully saturated rings. The first-order valence-corrected chi connectivity index (χ1v) is 11.3. The molecule has 3 atom stereocenters. The minimum absolute atomic E-state index is 0.369. The molecular weight excluding hydrogens is 358 g/mol. The summed E-state index contributed by atoms with van der Waals surface area (Å²) in [7, 11) is 1.83. The summed E-state index contributed by atoms with van der Waals surface area (Å²) in [5.41, 5.74) is 5.92. The van der Waals surface area contributed by atoms with Gasteiger partial charge in [-0.05, 0) is 80.0 Å². The number of rotatable bonds is 5. The Morgan fingerprint density at radius 3 is 2.83 bits per heavy atom. The van der Waals surface area contributed by atoms with Crippen molar-refractivity contribution < 1.29 is 4.74 Å². The maximum Gasteiger partial charge on any atom is 0.0589 e. The predicted molar refractivity (Wildman–Crippen MR) is 118 cm³/mol. The van der Waals surface area contributed by atoms with Gasteiger partial charge < -0.3 is 10.1 Å². The lowest BCUT2D eigenvalue weighted by atomic mass is 9.54. The van der Waals surface area contributed by atoms with Crippen LogP contribution in [0.2, 0.25) is 0 Å². The molecule has 154 valence electrons. The number of hydrogen-bond acceptors (Lipinski definition) is 4. The molecule has 1 N–H and O–H groups in total. The molecular formula is C25H33N3O. The molecule has 0 amide bonds. The molecule has 1 aliphatic heterocycles. The lowest BCUT2D eigenvalue weighted by molar-refractivity contribution is 0.0517. The van der Waals surface area contributed by atoms with Crippen LogP contribution in [-0.4, -0.2) is 42.7 Å². The quantitative estimate of drug-likeness (QED) is 0.785. The third-order valence-electron chi connectivity index (χ3n) is 7.73. The standard InChI is InChI=1S/C25H33N3O/c1-29-16-15-28-14-4-11-25-10-3-2-5-22(25)24(28)17-19-6-7-21(18-23(19)25)27-20-8-12-26-13-9-20/h6-9,12-13,18,22,24H,2-5,10-11,14-17H2,1H3,(H,26,27)/t22-,24+,25+/m0/s1. The molecule has 1 aromatic carbocycles. The van der Waals surface area contributed by atoms with E-state index in [0.717, 1.165) is 24.8 Å². The van der Waals surface area contributed by atoms with Gasteiger partial charge in [0, 0.05) is 48.9 Å². The van der Waals surface area contributed by atoms with Crippen molar-refractivity contribution in [2.45, 2.75) is 56.4 Å².